The molecular weight excluding hydrogens is 158 g/mol. The van der Waals surface area contributed by atoms with Crippen LogP contribution in [0.3, 0.4) is 0 Å². The third kappa shape index (κ3) is 1.72. The highest BCUT2D eigenvalue weighted by Crippen LogP contribution is 2.02. The molecule has 0 fully saturated rings. The number of aromatic nitrogens is 1. The molecule has 0 aliphatic heterocycles. The smallest absolute Gasteiger partial charge is 0.194 e. The summed E-state index contributed by atoms with van der Waals surface area (Å²) in [5.74, 6) is 0.110. The van der Waals surface area contributed by atoms with E-state index in [1.807, 2.05) is 0 Å². The molecule has 0 aromatic carbocycles. The molecular formula is C8H9NO3. The summed E-state index contributed by atoms with van der Waals surface area (Å²) in [7, 11) is 1.43. The summed E-state index contributed by atoms with van der Waals surface area (Å²) >= 11 is 0. The molecule has 12 heavy (non-hydrogen) atoms. The second-order valence-electron chi connectivity index (χ2n) is 2.35. The van der Waals surface area contributed by atoms with Gasteiger partial charge in [0.05, 0.1) is 12.8 Å². The molecule has 0 spiro atoms. The molecule has 4 nitrogen and oxygen atoms in total. The second kappa shape index (κ2) is 3.21. The Morgan fingerprint density at radius 2 is 2.17 bits per heavy atom. The third-order valence-electron chi connectivity index (χ3n) is 1.42. The van der Waals surface area contributed by atoms with E-state index in [1.54, 1.807) is 0 Å². The number of rotatable bonds is 2. The Labute approximate surface area is 69.2 Å². The molecule has 1 rings (SSSR count). The van der Waals surface area contributed by atoms with E-state index < -0.39 is 0 Å². The van der Waals surface area contributed by atoms with E-state index in [4.69, 9.17) is 4.74 Å². The van der Waals surface area contributed by atoms with Crippen LogP contribution < -0.4 is 10.2 Å². The molecule has 0 radical (unpaired) electrons. The molecule has 4 heteroatoms. The molecule has 0 aliphatic carbocycles. The summed E-state index contributed by atoms with van der Waals surface area (Å²) in [6.07, 6.45) is 0. The molecule has 0 saturated heterocycles. The number of nitrogens with one attached hydrogen (secondary N) is 1. The van der Waals surface area contributed by atoms with Crippen molar-refractivity contribution < 1.29 is 9.53 Å². The largest absolute Gasteiger partial charge is 0.482 e. The number of H-pyrrole nitrogens is 1. The van der Waals surface area contributed by atoms with E-state index >= 15 is 0 Å². The van der Waals surface area contributed by atoms with Crippen LogP contribution in [-0.4, -0.2) is 17.9 Å². The van der Waals surface area contributed by atoms with Crippen molar-refractivity contribution in [3.63, 3.8) is 0 Å². The highest BCUT2D eigenvalue weighted by molar-refractivity contribution is 5.92. The van der Waals surface area contributed by atoms with Crippen LogP contribution in [0.2, 0.25) is 0 Å². The Morgan fingerprint density at radius 1 is 1.50 bits per heavy atom. The van der Waals surface area contributed by atoms with Crippen molar-refractivity contribution >= 4 is 5.78 Å². The van der Waals surface area contributed by atoms with Crippen LogP contribution in [0.15, 0.2) is 16.9 Å². The lowest BCUT2D eigenvalue weighted by molar-refractivity contribution is 0.101. The molecule has 0 bridgehead atoms. The van der Waals surface area contributed by atoms with E-state index in [-0.39, 0.29) is 16.9 Å². The summed E-state index contributed by atoms with van der Waals surface area (Å²) < 4.78 is 4.78. The van der Waals surface area contributed by atoms with Gasteiger partial charge in [0, 0.05) is 19.1 Å². The number of carbonyl (C=O) groups excluding carboxylic acids is 1. The highest BCUT2D eigenvalue weighted by atomic mass is 16.5. The normalized spacial score (nSPS) is 9.50. The van der Waals surface area contributed by atoms with Crippen molar-refractivity contribution in [3.8, 4) is 5.88 Å². The number of carbonyl (C=O) groups is 1. The number of Topliss-reactive ketones (excluding diaryl/α,β-unsaturated/α-hetero) is 1. The van der Waals surface area contributed by atoms with Crippen LogP contribution in [0.25, 0.3) is 0 Å². The molecule has 0 atom stereocenters. The van der Waals surface area contributed by atoms with Crippen LogP contribution in [0.1, 0.15) is 17.4 Å². The summed E-state index contributed by atoms with van der Waals surface area (Å²) in [6, 6.07) is 2.53. The number of aromatic amines is 1. The summed E-state index contributed by atoms with van der Waals surface area (Å²) in [5.41, 5.74) is 0.0233. The van der Waals surface area contributed by atoms with Gasteiger partial charge < -0.3 is 9.72 Å². The van der Waals surface area contributed by atoms with Crippen LogP contribution in [0.4, 0.5) is 0 Å². The average Bonchev–Trinajstić information content (AvgIpc) is 2.03. The van der Waals surface area contributed by atoms with Gasteiger partial charge in [0.15, 0.2) is 17.1 Å². The van der Waals surface area contributed by atoms with E-state index in [0.717, 1.165) is 0 Å². The average molecular weight is 167 g/mol. The quantitative estimate of drug-likeness (QED) is 0.655. The number of methoxy groups -OCH3 is 1. The second-order valence-corrected chi connectivity index (χ2v) is 2.35. The van der Waals surface area contributed by atoms with Gasteiger partial charge in [0.25, 0.3) is 0 Å². The van der Waals surface area contributed by atoms with Gasteiger partial charge in [-0.15, -0.1) is 0 Å². The predicted octanol–water partition coefficient (Wildman–Crippen LogP) is 0.586. The topological polar surface area (TPSA) is 59.2 Å². The first-order chi connectivity index (χ1) is 5.63. The zero-order valence-corrected chi connectivity index (χ0v) is 6.88. The molecule has 0 amide bonds. The van der Waals surface area contributed by atoms with Crippen molar-refractivity contribution in [1.82, 2.24) is 4.98 Å². The maximum Gasteiger partial charge on any atom is 0.194 e. The van der Waals surface area contributed by atoms with Crippen molar-refractivity contribution in [1.29, 1.82) is 0 Å². The van der Waals surface area contributed by atoms with Crippen molar-refractivity contribution in [2.24, 2.45) is 0 Å². The SMILES string of the molecule is COc1cc(=O)cc(C(C)=O)[nH]1. The number of ketones is 1. The molecule has 1 aromatic heterocycles. The Bertz CT molecular complexity index is 354. The fourth-order valence-electron chi connectivity index (χ4n) is 0.818. The lowest BCUT2D eigenvalue weighted by Crippen LogP contribution is -2.07. The van der Waals surface area contributed by atoms with Gasteiger partial charge in [-0.25, -0.2) is 0 Å². The highest BCUT2D eigenvalue weighted by Gasteiger charge is 2.02. The van der Waals surface area contributed by atoms with Crippen LogP contribution in [-0.2, 0) is 0 Å². The summed E-state index contributed by atoms with van der Waals surface area (Å²) in [6.45, 7) is 1.38. The first-order valence-electron chi connectivity index (χ1n) is 3.43. The van der Waals surface area contributed by atoms with E-state index in [1.165, 1.54) is 26.2 Å². The summed E-state index contributed by atoms with van der Waals surface area (Å²) in [5, 5.41) is 0. The minimum Gasteiger partial charge on any atom is -0.482 e. The van der Waals surface area contributed by atoms with Crippen LogP contribution >= 0.6 is 0 Å². The van der Waals surface area contributed by atoms with E-state index in [0.29, 0.717) is 5.88 Å². The Hall–Kier alpha value is -1.58. The van der Waals surface area contributed by atoms with E-state index in [2.05, 4.69) is 4.98 Å². The number of ether oxygens (including phenoxy) is 1. The summed E-state index contributed by atoms with van der Waals surface area (Å²) in [4.78, 5) is 24.4. The zero-order valence-electron chi connectivity index (χ0n) is 6.88. The lowest BCUT2D eigenvalue weighted by atomic mass is 10.3. The Balaban J connectivity index is 3.24. The first-order valence-corrected chi connectivity index (χ1v) is 3.43. The lowest BCUT2D eigenvalue weighted by Gasteiger charge is -2.00. The molecule has 1 aromatic rings. The monoisotopic (exact) mass is 167 g/mol. The zero-order chi connectivity index (χ0) is 9.14. The van der Waals surface area contributed by atoms with Gasteiger partial charge in [0.2, 0.25) is 0 Å². The van der Waals surface area contributed by atoms with Crippen LogP contribution in [0, 0.1) is 0 Å². The van der Waals surface area contributed by atoms with Gasteiger partial charge in [0.1, 0.15) is 0 Å². The molecule has 1 heterocycles. The van der Waals surface area contributed by atoms with Gasteiger partial charge in [-0.3, -0.25) is 9.59 Å². The Morgan fingerprint density at radius 3 is 2.67 bits per heavy atom. The minimum absolute atomic E-state index is 0.189. The van der Waals surface area contributed by atoms with Gasteiger partial charge in [-0.05, 0) is 0 Å². The number of hydrogen-bond acceptors (Lipinski definition) is 3. The molecule has 0 saturated carbocycles. The van der Waals surface area contributed by atoms with Gasteiger partial charge >= 0.3 is 0 Å². The molecule has 64 valence electrons. The van der Waals surface area contributed by atoms with E-state index in [9.17, 15) is 9.59 Å². The predicted molar refractivity (Wildman–Crippen MR) is 43.6 cm³/mol. The molecule has 0 unspecified atom stereocenters. The van der Waals surface area contributed by atoms with Crippen molar-refractivity contribution in [2.75, 3.05) is 7.11 Å². The maximum absolute atomic E-state index is 10.9. The molecule has 1 N–H and O–H groups in total. The van der Waals surface area contributed by atoms with Crippen molar-refractivity contribution in [2.45, 2.75) is 6.92 Å². The standard InChI is InChI=1S/C8H9NO3/c1-5(10)7-3-6(11)4-8(9-7)12-2/h3-4H,1-2H3,(H,9,11). The Kier molecular flexibility index (Phi) is 2.28. The first kappa shape index (κ1) is 8.52. The van der Waals surface area contributed by atoms with Gasteiger partial charge in [-0.1, -0.05) is 0 Å². The van der Waals surface area contributed by atoms with Gasteiger partial charge in [-0.2, -0.15) is 0 Å². The minimum atomic E-state index is -0.240. The number of hydrogen-bond donors (Lipinski definition) is 1. The molecule has 0 aliphatic rings. The fraction of sp³-hybridized carbons (Fsp3) is 0.250. The third-order valence-corrected chi connectivity index (χ3v) is 1.42. The van der Waals surface area contributed by atoms with Crippen LogP contribution in [0.5, 0.6) is 5.88 Å². The number of pyridine rings is 1. The van der Waals surface area contributed by atoms with Crippen molar-refractivity contribution in [3.05, 3.63) is 28.0 Å². The maximum atomic E-state index is 10.9. The fourth-order valence-corrected chi connectivity index (χ4v) is 0.818.